The molecule has 1 N–H and O–H groups in total. The third-order valence-electron chi connectivity index (χ3n) is 5.00. The van der Waals surface area contributed by atoms with Gasteiger partial charge in [0.15, 0.2) is 11.0 Å². The molecule has 0 aliphatic carbocycles. The molecule has 2 aromatic heterocycles. The van der Waals surface area contributed by atoms with E-state index in [-0.39, 0.29) is 11.9 Å². The lowest BCUT2D eigenvalue weighted by molar-refractivity contribution is 0.0929. The van der Waals surface area contributed by atoms with E-state index < -0.39 is 0 Å². The molecule has 0 bridgehead atoms. The van der Waals surface area contributed by atoms with Crippen molar-refractivity contribution in [2.24, 2.45) is 0 Å². The number of nitrogens with one attached hydrogen (secondary N) is 1. The molecule has 1 fully saturated rings. The van der Waals surface area contributed by atoms with E-state index in [2.05, 4.69) is 25.5 Å². The van der Waals surface area contributed by atoms with E-state index in [9.17, 15) is 4.79 Å². The fourth-order valence-corrected chi connectivity index (χ4v) is 3.71. The molecular formula is C17H21ClN6O. The van der Waals surface area contributed by atoms with Gasteiger partial charge in [-0.1, -0.05) is 11.6 Å². The van der Waals surface area contributed by atoms with E-state index in [0.717, 1.165) is 68.8 Å². The predicted molar refractivity (Wildman–Crippen MR) is 94.9 cm³/mol. The number of nitrogens with zero attached hydrogens (tertiary/aromatic N) is 5. The van der Waals surface area contributed by atoms with Crippen LogP contribution in [0, 0.1) is 0 Å². The normalized spacial score (nSPS) is 18.0. The number of halogens is 1. The van der Waals surface area contributed by atoms with Crippen molar-refractivity contribution in [1.82, 2.24) is 25.3 Å². The molecule has 25 heavy (non-hydrogen) atoms. The molecule has 0 spiro atoms. The fourth-order valence-electron chi connectivity index (χ4n) is 3.60. The van der Waals surface area contributed by atoms with Gasteiger partial charge in [-0.25, -0.2) is 0 Å². The van der Waals surface area contributed by atoms with Crippen molar-refractivity contribution < 1.29 is 4.79 Å². The van der Waals surface area contributed by atoms with Crippen LogP contribution in [0.3, 0.4) is 0 Å². The average Bonchev–Trinajstić information content (AvgIpc) is 3.07. The third-order valence-corrected chi connectivity index (χ3v) is 5.20. The number of piperidine rings is 1. The Morgan fingerprint density at radius 2 is 2.00 bits per heavy atom. The summed E-state index contributed by atoms with van der Waals surface area (Å²) in [5, 5.41) is 15.9. The lowest BCUT2D eigenvalue weighted by Crippen LogP contribution is -2.45. The van der Waals surface area contributed by atoms with Crippen molar-refractivity contribution in [3.05, 3.63) is 34.7 Å². The molecule has 4 heterocycles. The fraction of sp³-hybridized carbons (Fsp3) is 0.529. The van der Waals surface area contributed by atoms with Crippen LogP contribution >= 0.6 is 11.6 Å². The molecule has 0 atom stereocenters. The number of carbonyl (C=O) groups excluding carboxylic acids is 1. The second-order valence-corrected chi connectivity index (χ2v) is 7.02. The first-order valence-corrected chi connectivity index (χ1v) is 9.18. The van der Waals surface area contributed by atoms with Crippen molar-refractivity contribution in [1.29, 1.82) is 0 Å². The maximum absolute atomic E-state index is 12.6. The lowest BCUT2D eigenvalue weighted by Gasteiger charge is -2.32. The Kier molecular flexibility index (Phi) is 4.57. The molecule has 1 amide bonds. The van der Waals surface area contributed by atoms with Crippen molar-refractivity contribution in [3.8, 4) is 0 Å². The smallest absolute Gasteiger partial charge is 0.254 e. The molecule has 0 aromatic carbocycles. The van der Waals surface area contributed by atoms with Gasteiger partial charge in [0, 0.05) is 25.7 Å². The first kappa shape index (κ1) is 16.3. The summed E-state index contributed by atoms with van der Waals surface area (Å²) in [5.74, 6) is 0.841. The first-order chi connectivity index (χ1) is 12.2. The van der Waals surface area contributed by atoms with Gasteiger partial charge in [0.05, 0.1) is 17.5 Å². The van der Waals surface area contributed by atoms with Crippen molar-refractivity contribution in [2.45, 2.75) is 44.7 Å². The number of anilines is 1. The molecule has 2 aromatic rings. The Bertz CT molecular complexity index is 751. The quantitative estimate of drug-likeness (QED) is 0.906. The zero-order valence-corrected chi connectivity index (χ0v) is 14.7. The molecule has 2 aliphatic heterocycles. The van der Waals surface area contributed by atoms with Crippen LogP contribution in [0.15, 0.2) is 18.3 Å². The van der Waals surface area contributed by atoms with Gasteiger partial charge in [-0.3, -0.25) is 9.48 Å². The van der Waals surface area contributed by atoms with Gasteiger partial charge in [0.1, 0.15) is 0 Å². The van der Waals surface area contributed by atoms with Gasteiger partial charge < -0.3 is 10.2 Å². The van der Waals surface area contributed by atoms with Crippen LogP contribution in [-0.2, 0) is 13.0 Å². The molecule has 2 aliphatic rings. The highest BCUT2D eigenvalue weighted by Crippen LogP contribution is 2.20. The summed E-state index contributed by atoms with van der Waals surface area (Å²) in [7, 11) is 0. The highest BCUT2D eigenvalue weighted by molar-refractivity contribution is 6.29. The van der Waals surface area contributed by atoms with Crippen LogP contribution in [0.4, 0.5) is 5.82 Å². The van der Waals surface area contributed by atoms with Crippen LogP contribution in [-0.4, -0.2) is 45.0 Å². The molecule has 4 rings (SSSR count). The Hall–Kier alpha value is -2.15. The summed E-state index contributed by atoms with van der Waals surface area (Å²) in [5.41, 5.74) is 1.82. The van der Waals surface area contributed by atoms with E-state index in [4.69, 9.17) is 11.6 Å². The summed E-state index contributed by atoms with van der Waals surface area (Å²) in [6, 6.07) is 3.82. The molecule has 132 valence electrons. The summed E-state index contributed by atoms with van der Waals surface area (Å²) >= 11 is 5.78. The number of aromatic nitrogens is 4. The molecule has 1 saturated heterocycles. The highest BCUT2D eigenvalue weighted by Gasteiger charge is 2.25. The topological polar surface area (TPSA) is 75.9 Å². The largest absolute Gasteiger partial charge is 0.355 e. The summed E-state index contributed by atoms with van der Waals surface area (Å²) in [4.78, 5) is 14.8. The highest BCUT2D eigenvalue weighted by atomic mass is 35.5. The zero-order valence-electron chi connectivity index (χ0n) is 14.0. The van der Waals surface area contributed by atoms with Gasteiger partial charge in [0.2, 0.25) is 0 Å². The van der Waals surface area contributed by atoms with E-state index >= 15 is 0 Å². The number of hydrogen-bond acceptors (Lipinski definition) is 5. The number of carbonyl (C=O) groups is 1. The maximum Gasteiger partial charge on any atom is 0.254 e. The number of fused-ring (bicyclic) bond motifs is 1. The second kappa shape index (κ2) is 7.00. The Morgan fingerprint density at radius 1 is 1.16 bits per heavy atom. The number of hydrogen-bond donors (Lipinski definition) is 1. The lowest BCUT2D eigenvalue weighted by atomic mass is 10.0. The van der Waals surface area contributed by atoms with Crippen molar-refractivity contribution in [2.75, 3.05) is 18.0 Å². The molecule has 0 saturated carbocycles. The Labute approximate surface area is 151 Å². The molecule has 0 unspecified atom stereocenters. The summed E-state index contributed by atoms with van der Waals surface area (Å²) in [6.45, 7) is 2.60. The van der Waals surface area contributed by atoms with Crippen LogP contribution < -0.4 is 10.2 Å². The zero-order chi connectivity index (χ0) is 17.2. The van der Waals surface area contributed by atoms with E-state index in [1.165, 1.54) is 0 Å². The minimum Gasteiger partial charge on any atom is -0.355 e. The second-order valence-electron chi connectivity index (χ2n) is 6.63. The van der Waals surface area contributed by atoms with Crippen molar-refractivity contribution >= 4 is 23.3 Å². The third kappa shape index (κ3) is 3.46. The van der Waals surface area contributed by atoms with Gasteiger partial charge in [-0.2, -0.15) is 5.10 Å². The minimum atomic E-state index is 0.00730. The maximum atomic E-state index is 12.6. The van der Waals surface area contributed by atoms with Crippen molar-refractivity contribution in [3.63, 3.8) is 0 Å². The minimum absolute atomic E-state index is 0.00730. The molecule has 7 nitrogen and oxygen atoms in total. The first-order valence-electron chi connectivity index (χ1n) is 8.80. The Morgan fingerprint density at radius 3 is 2.76 bits per heavy atom. The van der Waals surface area contributed by atoms with Crippen LogP contribution in [0.25, 0.3) is 0 Å². The van der Waals surface area contributed by atoms with Gasteiger partial charge >= 0.3 is 0 Å². The standard InChI is InChI=1S/C17H21ClN6O/c18-15-4-5-16(22-21-15)23-9-6-12(7-10-23)20-17(25)13-11-19-24-8-2-1-3-14(13)24/h4-5,11-12H,1-3,6-10H2,(H,20,25). The SMILES string of the molecule is O=C(NC1CCN(c2ccc(Cl)nn2)CC1)c1cnn2c1CCCC2. The average molecular weight is 361 g/mol. The monoisotopic (exact) mass is 360 g/mol. The molecule has 0 radical (unpaired) electrons. The molecular weight excluding hydrogens is 340 g/mol. The van der Waals surface area contributed by atoms with Gasteiger partial charge in [0.25, 0.3) is 5.91 Å². The summed E-state index contributed by atoms with van der Waals surface area (Å²) in [6.07, 6.45) is 6.71. The number of amides is 1. The van der Waals surface area contributed by atoms with Crippen LogP contribution in [0.5, 0.6) is 0 Å². The number of rotatable bonds is 3. The number of aryl methyl sites for hydroxylation is 1. The van der Waals surface area contributed by atoms with Crippen LogP contribution in [0.2, 0.25) is 5.15 Å². The predicted octanol–water partition coefficient (Wildman–Crippen LogP) is 2.06. The van der Waals surface area contributed by atoms with Gasteiger partial charge in [-0.05, 0) is 44.2 Å². The van der Waals surface area contributed by atoms with Crippen LogP contribution in [0.1, 0.15) is 41.7 Å². The van der Waals surface area contributed by atoms with E-state index in [0.29, 0.717) is 5.15 Å². The summed E-state index contributed by atoms with van der Waals surface area (Å²) < 4.78 is 1.97. The Balaban J connectivity index is 1.35. The van der Waals surface area contributed by atoms with Gasteiger partial charge in [-0.15, -0.1) is 10.2 Å². The molecule has 8 heteroatoms. The van der Waals surface area contributed by atoms with E-state index in [1.807, 2.05) is 10.7 Å². The van der Waals surface area contributed by atoms with E-state index in [1.54, 1.807) is 12.3 Å².